The Bertz CT molecular complexity index is 3620. The molecular weight excluding hydrogens is 775 g/mol. The summed E-state index contributed by atoms with van der Waals surface area (Å²) in [7, 11) is 0. The summed E-state index contributed by atoms with van der Waals surface area (Å²) in [6.45, 7) is 9.46. The highest BCUT2D eigenvalue weighted by atomic mass is 16.3. The lowest BCUT2D eigenvalue weighted by atomic mass is 9.82. The van der Waals surface area contributed by atoms with Gasteiger partial charge in [-0.15, -0.1) is 0 Å². The Morgan fingerprint density at radius 3 is 1.52 bits per heavy atom. The van der Waals surface area contributed by atoms with Crippen LogP contribution in [0.4, 0.5) is 17.1 Å². The fraction of sp³-hybridized carbons (Fsp3) is 0.0968. The first-order chi connectivity index (χ1) is 31.3. The monoisotopic (exact) mass is 819 g/mol. The second kappa shape index (κ2) is 13.4. The highest BCUT2D eigenvalue weighted by Crippen LogP contribution is 2.53. The number of fused-ring (bicyclic) bond motifs is 12. The lowest BCUT2D eigenvalue weighted by Crippen LogP contribution is -2.18. The molecule has 11 aromatic rings. The summed E-state index contributed by atoms with van der Waals surface area (Å²) in [6, 6.07) is 74.0. The fourth-order valence-electron chi connectivity index (χ4n) is 11.5. The minimum absolute atomic E-state index is 0.121. The van der Waals surface area contributed by atoms with E-state index in [2.05, 4.69) is 233 Å². The van der Waals surface area contributed by atoms with E-state index in [-0.39, 0.29) is 10.8 Å². The molecule has 0 N–H and O–H groups in total. The van der Waals surface area contributed by atoms with Gasteiger partial charge in [-0.25, -0.2) is 0 Å². The molecule has 0 atom stereocenters. The van der Waals surface area contributed by atoms with Gasteiger partial charge in [-0.1, -0.05) is 179 Å². The molecule has 1 aromatic heterocycles. The molecule has 2 heteroatoms. The summed E-state index contributed by atoms with van der Waals surface area (Å²) in [6.07, 6.45) is 0. The first kappa shape index (κ1) is 36.9. The normalized spacial score (nSPS) is 14.2. The van der Waals surface area contributed by atoms with E-state index < -0.39 is 0 Å². The van der Waals surface area contributed by atoms with Crippen molar-refractivity contribution in [2.45, 2.75) is 38.5 Å². The van der Waals surface area contributed by atoms with Crippen LogP contribution in [-0.4, -0.2) is 0 Å². The van der Waals surface area contributed by atoms with Crippen LogP contribution in [0.1, 0.15) is 49.9 Å². The molecule has 13 rings (SSSR count). The molecule has 0 saturated carbocycles. The van der Waals surface area contributed by atoms with Crippen molar-refractivity contribution in [2.75, 3.05) is 4.90 Å². The minimum atomic E-state index is -0.121. The predicted octanol–water partition coefficient (Wildman–Crippen LogP) is 17.3. The molecule has 2 nitrogen and oxygen atoms in total. The Labute approximate surface area is 373 Å². The molecular formula is C62H45NO. The van der Waals surface area contributed by atoms with Crippen molar-refractivity contribution in [1.82, 2.24) is 0 Å². The highest BCUT2D eigenvalue weighted by Gasteiger charge is 2.37. The zero-order valence-corrected chi connectivity index (χ0v) is 36.4. The number of nitrogens with zero attached hydrogens (tertiary/aromatic N) is 1. The van der Waals surface area contributed by atoms with Gasteiger partial charge in [0.1, 0.15) is 11.2 Å². The van der Waals surface area contributed by atoms with Crippen molar-refractivity contribution >= 4 is 60.5 Å². The molecule has 2 aliphatic carbocycles. The molecule has 0 saturated heterocycles. The van der Waals surface area contributed by atoms with Crippen molar-refractivity contribution in [3.8, 4) is 44.5 Å². The van der Waals surface area contributed by atoms with E-state index >= 15 is 0 Å². The van der Waals surface area contributed by atoms with E-state index in [4.69, 9.17) is 4.42 Å². The summed E-state index contributed by atoms with van der Waals surface area (Å²) in [5, 5.41) is 7.05. The van der Waals surface area contributed by atoms with Crippen LogP contribution < -0.4 is 4.90 Å². The molecule has 0 unspecified atom stereocenters. The van der Waals surface area contributed by atoms with E-state index in [0.717, 1.165) is 55.5 Å². The zero-order valence-electron chi connectivity index (χ0n) is 36.4. The van der Waals surface area contributed by atoms with E-state index in [1.165, 1.54) is 71.8 Å². The maximum atomic E-state index is 6.83. The number of hydrogen-bond acceptors (Lipinski definition) is 2. The van der Waals surface area contributed by atoms with Crippen LogP contribution >= 0.6 is 0 Å². The molecule has 64 heavy (non-hydrogen) atoms. The van der Waals surface area contributed by atoms with Crippen molar-refractivity contribution in [2.24, 2.45) is 0 Å². The number of anilines is 3. The number of rotatable bonds is 5. The first-order valence-electron chi connectivity index (χ1n) is 22.5. The average molecular weight is 820 g/mol. The third-order valence-corrected chi connectivity index (χ3v) is 14.7. The van der Waals surface area contributed by atoms with Crippen molar-refractivity contribution in [1.29, 1.82) is 0 Å². The second-order valence-corrected chi connectivity index (χ2v) is 18.8. The van der Waals surface area contributed by atoms with Gasteiger partial charge in [0.25, 0.3) is 0 Å². The van der Waals surface area contributed by atoms with Crippen LogP contribution in [0.25, 0.3) is 88.0 Å². The zero-order chi connectivity index (χ0) is 42.9. The molecule has 1 heterocycles. The predicted molar refractivity (Wildman–Crippen MR) is 269 cm³/mol. The van der Waals surface area contributed by atoms with Gasteiger partial charge in [0, 0.05) is 44.1 Å². The van der Waals surface area contributed by atoms with Gasteiger partial charge in [-0.05, 0) is 131 Å². The Morgan fingerprint density at radius 1 is 0.344 bits per heavy atom. The Kier molecular flexibility index (Phi) is 7.74. The Morgan fingerprint density at radius 2 is 0.844 bits per heavy atom. The van der Waals surface area contributed by atoms with Crippen LogP contribution in [0, 0.1) is 0 Å². The molecule has 0 aliphatic heterocycles. The molecule has 0 radical (unpaired) electrons. The van der Waals surface area contributed by atoms with Gasteiger partial charge in [0.05, 0.1) is 0 Å². The van der Waals surface area contributed by atoms with E-state index in [1.807, 2.05) is 0 Å². The standard InChI is InChI=1S/C62H45NO/c1-61(2)54-24-11-9-19-47(54)49-33-31-41(35-56(49)61)63(42-32-34-50-48-20-10-12-25-55(48)62(3,4)57(50)36-42)40-29-27-39(28-30-40)44-22-14-26-58-59(44)53-37-52(46-18-7-8-21-51(46)60(53)64-58)45-23-13-16-38-15-5-6-17-43(38)45/h5-37H,1-4H3. The lowest BCUT2D eigenvalue weighted by molar-refractivity contribution is 0.660. The molecule has 0 amide bonds. The number of furan rings is 1. The molecule has 0 fully saturated rings. The first-order valence-corrected chi connectivity index (χ1v) is 22.5. The third-order valence-electron chi connectivity index (χ3n) is 14.7. The minimum Gasteiger partial charge on any atom is -0.455 e. The lowest BCUT2D eigenvalue weighted by Gasteiger charge is -2.30. The van der Waals surface area contributed by atoms with Crippen LogP contribution in [0.2, 0.25) is 0 Å². The molecule has 0 spiro atoms. The Hall–Kier alpha value is -7.68. The van der Waals surface area contributed by atoms with E-state index in [0.29, 0.717) is 0 Å². The molecule has 2 aliphatic rings. The van der Waals surface area contributed by atoms with Crippen molar-refractivity contribution in [3.63, 3.8) is 0 Å². The number of benzene rings is 10. The summed E-state index contributed by atoms with van der Waals surface area (Å²) in [4.78, 5) is 2.46. The number of hydrogen-bond donors (Lipinski definition) is 0. The van der Waals surface area contributed by atoms with Crippen molar-refractivity contribution in [3.05, 3.63) is 222 Å². The molecule has 0 bridgehead atoms. The van der Waals surface area contributed by atoms with Gasteiger partial charge < -0.3 is 9.32 Å². The van der Waals surface area contributed by atoms with Crippen molar-refractivity contribution < 1.29 is 4.42 Å². The fourth-order valence-corrected chi connectivity index (χ4v) is 11.5. The SMILES string of the molecule is CC1(C)c2ccccc2-c2ccc(N(c3ccc(-c4cccc5oc6c7ccccc7c(-c7cccc8ccccc78)cc6c45)cc3)c3ccc4c(c3)C(C)(C)c3ccccc3-4)cc21. The van der Waals surface area contributed by atoms with Gasteiger partial charge in [-0.2, -0.15) is 0 Å². The van der Waals surface area contributed by atoms with Crippen LogP contribution in [0.5, 0.6) is 0 Å². The van der Waals surface area contributed by atoms with Crippen LogP contribution in [0.3, 0.4) is 0 Å². The summed E-state index contributed by atoms with van der Waals surface area (Å²) in [5.41, 5.74) is 20.5. The summed E-state index contributed by atoms with van der Waals surface area (Å²) in [5.74, 6) is 0. The smallest absolute Gasteiger partial charge is 0.143 e. The van der Waals surface area contributed by atoms with Gasteiger partial charge >= 0.3 is 0 Å². The largest absolute Gasteiger partial charge is 0.455 e. The quantitative estimate of drug-likeness (QED) is 0.172. The molecule has 304 valence electrons. The maximum absolute atomic E-state index is 6.83. The summed E-state index contributed by atoms with van der Waals surface area (Å²) < 4.78 is 6.83. The summed E-state index contributed by atoms with van der Waals surface area (Å²) >= 11 is 0. The van der Waals surface area contributed by atoms with Gasteiger partial charge in [0.15, 0.2) is 0 Å². The van der Waals surface area contributed by atoms with Crippen LogP contribution in [0.15, 0.2) is 205 Å². The maximum Gasteiger partial charge on any atom is 0.143 e. The third kappa shape index (κ3) is 5.20. The average Bonchev–Trinajstić information content (AvgIpc) is 3.91. The van der Waals surface area contributed by atoms with Gasteiger partial charge in [-0.3, -0.25) is 0 Å². The van der Waals surface area contributed by atoms with Gasteiger partial charge in [0.2, 0.25) is 0 Å². The highest BCUT2D eigenvalue weighted by molar-refractivity contribution is 6.23. The second-order valence-electron chi connectivity index (χ2n) is 18.8. The van der Waals surface area contributed by atoms with Crippen LogP contribution in [-0.2, 0) is 10.8 Å². The molecule has 10 aromatic carbocycles. The topological polar surface area (TPSA) is 16.4 Å². The Balaban J connectivity index is 0.980. The van der Waals surface area contributed by atoms with E-state index in [1.54, 1.807) is 0 Å². The van der Waals surface area contributed by atoms with E-state index in [9.17, 15) is 0 Å².